The molecule has 1 aromatic carbocycles. The zero-order valence-electron chi connectivity index (χ0n) is 12.2. The van der Waals surface area contributed by atoms with E-state index < -0.39 is 5.97 Å². The molecule has 0 aliphatic carbocycles. The lowest BCUT2D eigenvalue weighted by atomic mass is 10.1. The minimum Gasteiger partial charge on any atom is -0.465 e. The van der Waals surface area contributed by atoms with Gasteiger partial charge in [0.1, 0.15) is 10.7 Å². The fourth-order valence-electron chi connectivity index (χ4n) is 1.82. The summed E-state index contributed by atoms with van der Waals surface area (Å²) in [4.78, 5) is 27.8. The molecule has 0 aliphatic heterocycles. The lowest BCUT2D eigenvalue weighted by Crippen LogP contribution is -2.12. The maximum absolute atomic E-state index is 12.8. The van der Waals surface area contributed by atoms with Gasteiger partial charge in [-0.05, 0) is 31.0 Å². The van der Waals surface area contributed by atoms with Gasteiger partial charge in [0.2, 0.25) is 5.91 Å². The summed E-state index contributed by atoms with van der Waals surface area (Å²) in [6.45, 7) is 1.68. The minimum atomic E-state index is -0.471. The van der Waals surface area contributed by atoms with Gasteiger partial charge in [-0.2, -0.15) is 0 Å². The van der Waals surface area contributed by atoms with Crippen molar-refractivity contribution >= 4 is 28.3 Å². The topological polar surface area (TPSA) is 68.3 Å². The van der Waals surface area contributed by atoms with Crippen LogP contribution in [0.2, 0.25) is 0 Å². The van der Waals surface area contributed by atoms with E-state index in [9.17, 15) is 14.0 Å². The summed E-state index contributed by atoms with van der Waals surface area (Å²) in [5.74, 6) is -0.988. The average Bonchev–Trinajstić information content (AvgIpc) is 2.86. The van der Waals surface area contributed by atoms with Crippen molar-refractivity contribution in [1.82, 2.24) is 4.98 Å². The van der Waals surface area contributed by atoms with E-state index in [0.29, 0.717) is 22.1 Å². The number of carbonyl (C=O) groups is 2. The zero-order valence-corrected chi connectivity index (χ0v) is 13.0. The molecule has 2 rings (SSSR count). The summed E-state index contributed by atoms with van der Waals surface area (Å²) in [7, 11) is 1.29. The van der Waals surface area contributed by atoms with Crippen LogP contribution in [-0.4, -0.2) is 24.0 Å². The molecular weight excluding hydrogens is 307 g/mol. The molecule has 1 heterocycles. The Morgan fingerprint density at radius 2 is 2.00 bits per heavy atom. The summed E-state index contributed by atoms with van der Waals surface area (Å²) < 4.78 is 17.4. The number of ether oxygens (including phenoxy) is 1. The molecule has 0 unspecified atom stereocenters. The van der Waals surface area contributed by atoms with Crippen molar-refractivity contribution in [3.05, 3.63) is 46.2 Å². The number of nitrogens with one attached hydrogen (secondary N) is 1. The lowest BCUT2D eigenvalue weighted by molar-refractivity contribution is -0.116. The minimum absolute atomic E-state index is 0.213. The molecule has 1 N–H and O–H groups in total. The van der Waals surface area contributed by atoms with E-state index in [-0.39, 0.29) is 18.1 Å². The Bertz CT molecular complexity index is 683. The third-order valence-corrected chi connectivity index (χ3v) is 4.02. The van der Waals surface area contributed by atoms with Gasteiger partial charge in [-0.15, -0.1) is 0 Å². The van der Waals surface area contributed by atoms with Crippen LogP contribution in [0.4, 0.5) is 9.52 Å². The van der Waals surface area contributed by atoms with E-state index in [1.807, 2.05) is 0 Å². The second kappa shape index (κ2) is 7.13. The van der Waals surface area contributed by atoms with E-state index in [2.05, 4.69) is 15.0 Å². The zero-order chi connectivity index (χ0) is 16.1. The number of esters is 1. The second-order valence-corrected chi connectivity index (χ2v) is 5.60. The van der Waals surface area contributed by atoms with Gasteiger partial charge >= 0.3 is 5.97 Å². The molecule has 5 nitrogen and oxygen atoms in total. The monoisotopic (exact) mass is 322 g/mol. The van der Waals surface area contributed by atoms with Crippen LogP contribution in [0.3, 0.4) is 0 Å². The number of carbonyl (C=O) groups excluding carboxylic acids is 2. The summed E-state index contributed by atoms with van der Waals surface area (Å²) in [6, 6.07) is 6.01. The van der Waals surface area contributed by atoms with Crippen LogP contribution in [0.5, 0.6) is 0 Å². The number of amides is 1. The molecule has 7 heteroatoms. The Hall–Kier alpha value is -2.28. The predicted molar refractivity (Wildman–Crippen MR) is 81.5 cm³/mol. The van der Waals surface area contributed by atoms with Crippen molar-refractivity contribution in [2.75, 3.05) is 12.4 Å². The van der Waals surface area contributed by atoms with Crippen molar-refractivity contribution in [2.24, 2.45) is 0 Å². The fraction of sp³-hybridized carbons (Fsp3) is 0.267. The molecular formula is C15H15FN2O3S. The van der Waals surface area contributed by atoms with Gasteiger partial charge in [0, 0.05) is 6.42 Å². The molecule has 2 aromatic rings. The predicted octanol–water partition coefficient (Wildman–Crippen LogP) is 2.95. The summed E-state index contributed by atoms with van der Waals surface area (Å²) >= 11 is 1.08. The largest absolute Gasteiger partial charge is 0.465 e. The Balaban J connectivity index is 1.92. The van der Waals surface area contributed by atoms with Gasteiger partial charge < -0.3 is 10.1 Å². The Morgan fingerprint density at radius 1 is 1.32 bits per heavy atom. The van der Waals surface area contributed by atoms with Gasteiger partial charge in [0.15, 0.2) is 5.13 Å². The van der Waals surface area contributed by atoms with Gasteiger partial charge in [0.25, 0.3) is 0 Å². The number of aromatic nitrogens is 1. The Kier molecular flexibility index (Phi) is 5.21. The normalized spacial score (nSPS) is 10.3. The summed E-state index contributed by atoms with van der Waals surface area (Å²) in [5.41, 5.74) is 1.40. The van der Waals surface area contributed by atoms with Crippen LogP contribution >= 0.6 is 11.3 Å². The van der Waals surface area contributed by atoms with Crippen LogP contribution in [-0.2, 0) is 16.0 Å². The first kappa shape index (κ1) is 16.1. The maximum Gasteiger partial charge on any atom is 0.350 e. The highest BCUT2D eigenvalue weighted by atomic mass is 32.1. The number of anilines is 1. The highest BCUT2D eigenvalue weighted by Crippen LogP contribution is 2.23. The quantitative estimate of drug-likeness (QED) is 0.859. The van der Waals surface area contributed by atoms with Crippen molar-refractivity contribution < 1.29 is 18.7 Å². The van der Waals surface area contributed by atoms with Crippen molar-refractivity contribution in [3.8, 4) is 0 Å². The first-order chi connectivity index (χ1) is 10.5. The van der Waals surface area contributed by atoms with Gasteiger partial charge in [-0.25, -0.2) is 14.2 Å². The Morgan fingerprint density at radius 3 is 2.64 bits per heavy atom. The molecule has 1 aromatic heterocycles. The molecule has 0 fully saturated rings. The van der Waals surface area contributed by atoms with Crippen molar-refractivity contribution in [3.63, 3.8) is 0 Å². The molecule has 1 amide bonds. The third kappa shape index (κ3) is 4.11. The molecule has 0 radical (unpaired) electrons. The van der Waals surface area contributed by atoms with Gasteiger partial charge in [-0.1, -0.05) is 23.5 Å². The highest BCUT2D eigenvalue weighted by Gasteiger charge is 2.16. The molecule has 0 saturated heterocycles. The number of hydrogen-bond acceptors (Lipinski definition) is 5. The molecule has 22 heavy (non-hydrogen) atoms. The number of benzene rings is 1. The maximum atomic E-state index is 12.8. The summed E-state index contributed by atoms with van der Waals surface area (Å²) in [6.07, 6.45) is 0.748. The number of methoxy groups -OCH3 is 1. The SMILES string of the molecule is COC(=O)c1sc(NC(=O)CCc2ccc(F)cc2)nc1C. The standard InChI is InChI=1S/C15H15FN2O3S/c1-9-13(14(20)21-2)22-15(17-9)18-12(19)8-5-10-3-6-11(16)7-4-10/h3-4,6-7H,5,8H2,1-2H3,(H,17,18,19). The number of halogens is 1. The van der Waals surface area contributed by atoms with E-state index in [0.717, 1.165) is 16.9 Å². The molecule has 116 valence electrons. The van der Waals surface area contributed by atoms with Crippen molar-refractivity contribution in [2.45, 2.75) is 19.8 Å². The van der Waals surface area contributed by atoms with E-state index in [1.54, 1.807) is 19.1 Å². The van der Waals surface area contributed by atoms with Gasteiger partial charge in [-0.3, -0.25) is 4.79 Å². The number of thiazole rings is 1. The average molecular weight is 322 g/mol. The Labute approximate surface area is 131 Å². The van der Waals surface area contributed by atoms with Crippen LogP contribution in [0, 0.1) is 12.7 Å². The summed E-state index contributed by atoms with van der Waals surface area (Å²) in [5, 5.41) is 3.01. The highest BCUT2D eigenvalue weighted by molar-refractivity contribution is 7.17. The van der Waals surface area contributed by atoms with E-state index in [1.165, 1.54) is 19.2 Å². The van der Waals surface area contributed by atoms with E-state index >= 15 is 0 Å². The first-order valence-electron chi connectivity index (χ1n) is 6.59. The number of nitrogens with zero attached hydrogens (tertiary/aromatic N) is 1. The molecule has 0 atom stereocenters. The second-order valence-electron chi connectivity index (χ2n) is 4.60. The molecule has 0 spiro atoms. The van der Waals surface area contributed by atoms with Crippen LogP contribution in [0.1, 0.15) is 27.3 Å². The van der Waals surface area contributed by atoms with Crippen LogP contribution in [0.25, 0.3) is 0 Å². The van der Waals surface area contributed by atoms with E-state index in [4.69, 9.17) is 0 Å². The van der Waals surface area contributed by atoms with Crippen molar-refractivity contribution in [1.29, 1.82) is 0 Å². The molecule has 0 bridgehead atoms. The number of hydrogen-bond donors (Lipinski definition) is 1. The first-order valence-corrected chi connectivity index (χ1v) is 7.41. The number of aryl methyl sites for hydroxylation is 2. The van der Waals surface area contributed by atoms with Crippen LogP contribution < -0.4 is 5.32 Å². The third-order valence-electron chi connectivity index (χ3n) is 2.97. The molecule has 0 aliphatic rings. The fourth-order valence-corrected chi connectivity index (χ4v) is 2.72. The molecule has 0 saturated carbocycles. The smallest absolute Gasteiger partial charge is 0.350 e. The van der Waals surface area contributed by atoms with Gasteiger partial charge in [0.05, 0.1) is 12.8 Å². The van der Waals surface area contributed by atoms with Crippen LogP contribution in [0.15, 0.2) is 24.3 Å². The lowest BCUT2D eigenvalue weighted by Gasteiger charge is -2.02. The number of rotatable bonds is 5.